The number of rotatable bonds is 4. The first-order valence-corrected chi connectivity index (χ1v) is 7.19. The van der Waals surface area contributed by atoms with Crippen molar-refractivity contribution in [3.63, 3.8) is 0 Å². The number of aryl methyl sites for hydroxylation is 2. The second-order valence-corrected chi connectivity index (χ2v) is 5.79. The van der Waals surface area contributed by atoms with Crippen molar-refractivity contribution in [3.8, 4) is 10.6 Å². The molecule has 3 heteroatoms. The monoisotopic (exact) mass is 260 g/mol. The van der Waals surface area contributed by atoms with Gasteiger partial charge in [0.15, 0.2) is 0 Å². The van der Waals surface area contributed by atoms with Crippen LogP contribution in [0.4, 0.5) is 0 Å². The van der Waals surface area contributed by atoms with Crippen molar-refractivity contribution in [1.82, 2.24) is 10.3 Å². The highest BCUT2D eigenvalue weighted by molar-refractivity contribution is 7.15. The van der Waals surface area contributed by atoms with Gasteiger partial charge in [0, 0.05) is 22.7 Å². The van der Waals surface area contributed by atoms with E-state index in [2.05, 4.69) is 56.2 Å². The van der Waals surface area contributed by atoms with Crippen molar-refractivity contribution >= 4 is 11.3 Å². The summed E-state index contributed by atoms with van der Waals surface area (Å²) in [6.45, 7) is 9.56. The molecule has 2 aromatic rings. The second-order valence-electron chi connectivity index (χ2n) is 4.72. The van der Waals surface area contributed by atoms with Crippen LogP contribution in [0.15, 0.2) is 24.4 Å². The molecule has 96 valence electrons. The van der Waals surface area contributed by atoms with Crippen molar-refractivity contribution in [2.75, 3.05) is 6.54 Å². The molecule has 0 fully saturated rings. The van der Waals surface area contributed by atoms with Crippen LogP contribution >= 0.6 is 11.3 Å². The summed E-state index contributed by atoms with van der Waals surface area (Å²) in [4.78, 5) is 5.85. The minimum absolute atomic E-state index is 0.382. The van der Waals surface area contributed by atoms with Gasteiger partial charge in [-0.1, -0.05) is 24.1 Å². The maximum absolute atomic E-state index is 4.55. The zero-order chi connectivity index (χ0) is 13.1. The third-order valence-corrected chi connectivity index (χ3v) is 4.16. The molecule has 0 aliphatic rings. The summed E-state index contributed by atoms with van der Waals surface area (Å²) >= 11 is 1.78. The van der Waals surface area contributed by atoms with E-state index in [1.807, 2.05) is 6.20 Å². The summed E-state index contributed by atoms with van der Waals surface area (Å²) in [6, 6.07) is 6.98. The molecular formula is C15H20N2S. The average Bonchev–Trinajstić information content (AvgIpc) is 2.77. The van der Waals surface area contributed by atoms with E-state index in [4.69, 9.17) is 0 Å². The van der Waals surface area contributed by atoms with Crippen molar-refractivity contribution in [1.29, 1.82) is 0 Å². The number of benzene rings is 1. The van der Waals surface area contributed by atoms with E-state index in [0.717, 1.165) is 11.6 Å². The normalized spacial score (nSPS) is 12.7. The third kappa shape index (κ3) is 2.98. The van der Waals surface area contributed by atoms with Crippen LogP contribution in [0.25, 0.3) is 10.6 Å². The Morgan fingerprint density at radius 3 is 2.50 bits per heavy atom. The largest absolute Gasteiger partial charge is 0.310 e. The molecular weight excluding hydrogens is 240 g/mol. The molecule has 0 saturated heterocycles. The number of hydrogen-bond acceptors (Lipinski definition) is 3. The highest BCUT2D eigenvalue weighted by Gasteiger charge is 2.10. The first-order valence-electron chi connectivity index (χ1n) is 6.38. The molecule has 1 N–H and O–H groups in total. The van der Waals surface area contributed by atoms with Gasteiger partial charge >= 0.3 is 0 Å². The first-order chi connectivity index (χ1) is 8.60. The van der Waals surface area contributed by atoms with Gasteiger partial charge in [-0.3, -0.25) is 0 Å². The summed E-state index contributed by atoms with van der Waals surface area (Å²) in [5.41, 5.74) is 3.82. The highest BCUT2D eigenvalue weighted by atomic mass is 32.1. The SMILES string of the molecule is CCNC(C)c1cnc(-c2cc(C)cc(C)c2)s1. The van der Waals surface area contributed by atoms with Crippen LogP contribution in [0, 0.1) is 13.8 Å². The topological polar surface area (TPSA) is 24.9 Å². The Morgan fingerprint density at radius 2 is 1.89 bits per heavy atom. The van der Waals surface area contributed by atoms with Crippen LogP contribution in [0.3, 0.4) is 0 Å². The molecule has 1 heterocycles. The van der Waals surface area contributed by atoms with Gasteiger partial charge in [0.2, 0.25) is 0 Å². The van der Waals surface area contributed by atoms with E-state index < -0.39 is 0 Å². The van der Waals surface area contributed by atoms with Gasteiger partial charge in [-0.25, -0.2) is 4.98 Å². The number of thiazole rings is 1. The predicted molar refractivity (Wildman–Crippen MR) is 79.1 cm³/mol. The Labute approximate surface area is 113 Å². The molecule has 18 heavy (non-hydrogen) atoms. The summed E-state index contributed by atoms with van der Waals surface area (Å²) < 4.78 is 0. The summed E-state index contributed by atoms with van der Waals surface area (Å²) in [5.74, 6) is 0. The van der Waals surface area contributed by atoms with Crippen LogP contribution < -0.4 is 5.32 Å². The lowest BCUT2D eigenvalue weighted by Gasteiger charge is -2.08. The molecule has 0 radical (unpaired) electrons. The minimum Gasteiger partial charge on any atom is -0.310 e. The van der Waals surface area contributed by atoms with Crippen LogP contribution in [0.2, 0.25) is 0 Å². The Morgan fingerprint density at radius 1 is 1.22 bits per heavy atom. The lowest BCUT2D eigenvalue weighted by Crippen LogP contribution is -2.16. The fourth-order valence-corrected chi connectivity index (χ4v) is 3.06. The van der Waals surface area contributed by atoms with Gasteiger partial charge < -0.3 is 5.32 Å². The van der Waals surface area contributed by atoms with E-state index in [1.165, 1.54) is 21.6 Å². The molecule has 0 aliphatic heterocycles. The molecule has 0 saturated carbocycles. The van der Waals surface area contributed by atoms with E-state index in [0.29, 0.717) is 6.04 Å². The van der Waals surface area contributed by atoms with Gasteiger partial charge in [-0.2, -0.15) is 0 Å². The van der Waals surface area contributed by atoms with E-state index >= 15 is 0 Å². The van der Waals surface area contributed by atoms with Gasteiger partial charge in [0.25, 0.3) is 0 Å². The Kier molecular flexibility index (Phi) is 4.15. The van der Waals surface area contributed by atoms with Crippen LogP contribution in [-0.2, 0) is 0 Å². The molecule has 0 aliphatic carbocycles. The van der Waals surface area contributed by atoms with Gasteiger partial charge in [0.1, 0.15) is 5.01 Å². The molecule has 0 bridgehead atoms. The molecule has 1 atom stereocenters. The lowest BCUT2D eigenvalue weighted by atomic mass is 10.1. The fourth-order valence-electron chi connectivity index (χ4n) is 2.13. The zero-order valence-corrected chi connectivity index (χ0v) is 12.3. The number of nitrogens with one attached hydrogen (secondary N) is 1. The molecule has 1 aromatic heterocycles. The summed E-state index contributed by atoms with van der Waals surface area (Å²) in [7, 11) is 0. The number of aromatic nitrogens is 1. The maximum atomic E-state index is 4.55. The maximum Gasteiger partial charge on any atom is 0.123 e. The Hall–Kier alpha value is -1.19. The molecule has 0 spiro atoms. The van der Waals surface area contributed by atoms with Gasteiger partial charge in [-0.15, -0.1) is 11.3 Å². The first kappa shape index (κ1) is 13.2. The van der Waals surface area contributed by atoms with E-state index in [1.54, 1.807) is 11.3 Å². The van der Waals surface area contributed by atoms with Gasteiger partial charge in [0.05, 0.1) is 0 Å². The number of nitrogens with zero attached hydrogens (tertiary/aromatic N) is 1. The molecule has 2 rings (SSSR count). The van der Waals surface area contributed by atoms with E-state index in [9.17, 15) is 0 Å². The quantitative estimate of drug-likeness (QED) is 0.895. The Balaban J connectivity index is 2.29. The zero-order valence-electron chi connectivity index (χ0n) is 11.4. The number of hydrogen-bond donors (Lipinski definition) is 1. The van der Waals surface area contributed by atoms with Crippen molar-refractivity contribution in [2.45, 2.75) is 33.7 Å². The minimum atomic E-state index is 0.382. The molecule has 0 amide bonds. The van der Waals surface area contributed by atoms with E-state index in [-0.39, 0.29) is 0 Å². The highest BCUT2D eigenvalue weighted by Crippen LogP contribution is 2.29. The summed E-state index contributed by atoms with van der Waals surface area (Å²) in [5, 5.41) is 4.53. The fraction of sp³-hybridized carbons (Fsp3) is 0.400. The predicted octanol–water partition coefficient (Wildman–Crippen LogP) is 4.10. The smallest absolute Gasteiger partial charge is 0.123 e. The van der Waals surface area contributed by atoms with Crippen molar-refractivity contribution < 1.29 is 0 Å². The molecule has 2 nitrogen and oxygen atoms in total. The third-order valence-electron chi connectivity index (χ3n) is 2.93. The lowest BCUT2D eigenvalue weighted by molar-refractivity contribution is 0.606. The van der Waals surface area contributed by atoms with Crippen LogP contribution in [0.1, 0.15) is 35.9 Å². The van der Waals surface area contributed by atoms with Crippen molar-refractivity contribution in [2.24, 2.45) is 0 Å². The van der Waals surface area contributed by atoms with Gasteiger partial charge in [-0.05, 0) is 39.4 Å². The standard InChI is InChI=1S/C15H20N2S/c1-5-16-12(4)14-9-17-15(18-14)13-7-10(2)6-11(3)8-13/h6-9,12,16H,5H2,1-4H3. The average molecular weight is 260 g/mol. The summed E-state index contributed by atoms with van der Waals surface area (Å²) in [6.07, 6.45) is 1.99. The van der Waals surface area contributed by atoms with Crippen LogP contribution in [0.5, 0.6) is 0 Å². The molecule has 1 aromatic carbocycles. The van der Waals surface area contributed by atoms with Crippen LogP contribution in [-0.4, -0.2) is 11.5 Å². The Bertz CT molecular complexity index is 511. The second kappa shape index (κ2) is 5.63. The molecule has 1 unspecified atom stereocenters. The van der Waals surface area contributed by atoms with Crippen molar-refractivity contribution in [3.05, 3.63) is 40.4 Å².